The number of aromatic nitrogens is 5. The topological polar surface area (TPSA) is 90.1 Å². The SMILES string of the molecule is COCCn1nnnc1C[NH+](Cc1cc2ccc(C)c(C)c2[nH]c1=O)C1CCCCC1. The van der Waals surface area contributed by atoms with Gasteiger partial charge in [0, 0.05) is 7.11 Å². The van der Waals surface area contributed by atoms with Crippen LogP contribution in [0.4, 0.5) is 0 Å². The summed E-state index contributed by atoms with van der Waals surface area (Å²) in [7, 11) is 1.68. The van der Waals surface area contributed by atoms with Crippen molar-refractivity contribution in [1.29, 1.82) is 0 Å². The zero-order valence-corrected chi connectivity index (χ0v) is 18.8. The molecule has 1 atom stereocenters. The Morgan fingerprint density at radius 3 is 2.77 bits per heavy atom. The number of nitrogens with one attached hydrogen (secondary N) is 2. The van der Waals surface area contributed by atoms with E-state index >= 15 is 0 Å². The number of hydrogen-bond acceptors (Lipinski definition) is 5. The molecule has 8 heteroatoms. The Balaban J connectivity index is 1.63. The molecule has 0 spiro atoms. The van der Waals surface area contributed by atoms with Crippen molar-refractivity contribution in [2.24, 2.45) is 0 Å². The fraction of sp³-hybridized carbons (Fsp3) is 0.565. The number of nitrogens with zero attached hydrogens (tertiary/aromatic N) is 4. The summed E-state index contributed by atoms with van der Waals surface area (Å²) in [4.78, 5) is 17.5. The smallest absolute Gasteiger partial charge is 0.257 e. The Hall–Kier alpha value is -2.58. The molecule has 166 valence electrons. The van der Waals surface area contributed by atoms with Crippen LogP contribution in [0.15, 0.2) is 23.0 Å². The van der Waals surface area contributed by atoms with Gasteiger partial charge in [-0.05, 0) is 72.5 Å². The van der Waals surface area contributed by atoms with Crippen molar-refractivity contribution in [1.82, 2.24) is 25.2 Å². The molecule has 1 unspecified atom stereocenters. The highest BCUT2D eigenvalue weighted by molar-refractivity contribution is 5.83. The van der Waals surface area contributed by atoms with Gasteiger partial charge in [0.15, 0.2) is 0 Å². The molecule has 3 aromatic rings. The second kappa shape index (κ2) is 9.70. The zero-order chi connectivity index (χ0) is 21.8. The van der Waals surface area contributed by atoms with Gasteiger partial charge in [-0.1, -0.05) is 18.6 Å². The molecule has 1 aliphatic rings. The van der Waals surface area contributed by atoms with E-state index in [0.29, 0.717) is 32.3 Å². The van der Waals surface area contributed by atoms with Crippen LogP contribution in [-0.2, 0) is 24.4 Å². The van der Waals surface area contributed by atoms with E-state index in [1.165, 1.54) is 42.6 Å². The monoisotopic (exact) mass is 425 g/mol. The zero-order valence-electron chi connectivity index (χ0n) is 18.8. The molecule has 31 heavy (non-hydrogen) atoms. The third-order valence-corrected chi connectivity index (χ3v) is 6.73. The molecule has 1 fully saturated rings. The average molecular weight is 426 g/mol. The number of quaternary nitrogens is 1. The van der Waals surface area contributed by atoms with Crippen LogP contribution in [0.5, 0.6) is 0 Å². The molecule has 1 aromatic carbocycles. The van der Waals surface area contributed by atoms with Crippen molar-refractivity contribution >= 4 is 10.9 Å². The van der Waals surface area contributed by atoms with Gasteiger partial charge >= 0.3 is 0 Å². The third-order valence-electron chi connectivity index (χ3n) is 6.73. The molecule has 2 N–H and O–H groups in total. The summed E-state index contributed by atoms with van der Waals surface area (Å²) in [5.74, 6) is 0.848. The van der Waals surface area contributed by atoms with Crippen molar-refractivity contribution in [2.75, 3.05) is 13.7 Å². The van der Waals surface area contributed by atoms with Gasteiger partial charge in [0.1, 0.15) is 13.1 Å². The van der Waals surface area contributed by atoms with Gasteiger partial charge in [0.25, 0.3) is 5.56 Å². The van der Waals surface area contributed by atoms with Gasteiger partial charge < -0.3 is 14.6 Å². The highest BCUT2D eigenvalue weighted by atomic mass is 16.5. The first-order valence-electron chi connectivity index (χ1n) is 11.3. The standard InChI is InChI=1S/C23H32N6O2/c1-16-9-10-18-13-19(23(30)24-22(18)17(16)2)14-28(20-7-5-4-6-8-20)15-21-25-26-27-29(21)11-12-31-3/h9-10,13,20H,4-8,11-12,14-15H2,1-3H3,(H,24,30)/p+1. The van der Waals surface area contributed by atoms with Crippen molar-refractivity contribution in [3.05, 3.63) is 51.1 Å². The van der Waals surface area contributed by atoms with Crippen molar-refractivity contribution in [3.8, 4) is 0 Å². The lowest BCUT2D eigenvalue weighted by Gasteiger charge is -2.31. The maximum absolute atomic E-state index is 13.0. The van der Waals surface area contributed by atoms with E-state index in [1.54, 1.807) is 7.11 Å². The summed E-state index contributed by atoms with van der Waals surface area (Å²) in [5, 5.41) is 13.4. The highest BCUT2D eigenvalue weighted by Crippen LogP contribution is 2.19. The van der Waals surface area contributed by atoms with E-state index in [4.69, 9.17) is 4.74 Å². The summed E-state index contributed by atoms with van der Waals surface area (Å²) >= 11 is 0. The molecule has 0 radical (unpaired) electrons. The first kappa shape index (κ1) is 21.6. The van der Waals surface area contributed by atoms with E-state index in [-0.39, 0.29) is 5.56 Å². The van der Waals surface area contributed by atoms with Crippen LogP contribution < -0.4 is 10.5 Å². The summed E-state index contributed by atoms with van der Waals surface area (Å²) < 4.78 is 7.02. The van der Waals surface area contributed by atoms with Crippen LogP contribution in [0.2, 0.25) is 0 Å². The number of aryl methyl sites for hydroxylation is 2. The van der Waals surface area contributed by atoms with Crippen LogP contribution in [0.25, 0.3) is 10.9 Å². The molecule has 1 saturated carbocycles. The first-order chi connectivity index (χ1) is 15.1. The lowest BCUT2D eigenvalue weighted by molar-refractivity contribution is -0.954. The first-order valence-corrected chi connectivity index (χ1v) is 11.3. The second-order valence-corrected chi connectivity index (χ2v) is 8.75. The molecule has 1 aliphatic carbocycles. The summed E-state index contributed by atoms with van der Waals surface area (Å²) in [6.07, 6.45) is 6.15. The maximum atomic E-state index is 13.0. The normalized spacial score (nSPS) is 16.1. The molecular weight excluding hydrogens is 392 g/mol. The number of fused-ring (bicyclic) bond motifs is 1. The Morgan fingerprint density at radius 2 is 2.00 bits per heavy atom. The Kier molecular flexibility index (Phi) is 6.77. The minimum atomic E-state index is 0.00786. The maximum Gasteiger partial charge on any atom is 0.257 e. The fourth-order valence-corrected chi connectivity index (χ4v) is 4.71. The van der Waals surface area contributed by atoms with Crippen molar-refractivity contribution in [2.45, 2.75) is 71.6 Å². The van der Waals surface area contributed by atoms with Gasteiger partial charge in [0.05, 0.1) is 30.3 Å². The number of aromatic amines is 1. The lowest BCUT2D eigenvalue weighted by Crippen LogP contribution is -3.13. The van der Waals surface area contributed by atoms with Crippen LogP contribution in [0, 0.1) is 13.8 Å². The molecule has 2 heterocycles. The number of hydrogen-bond donors (Lipinski definition) is 2. The fourth-order valence-electron chi connectivity index (χ4n) is 4.71. The van der Waals surface area contributed by atoms with E-state index < -0.39 is 0 Å². The van der Waals surface area contributed by atoms with E-state index in [0.717, 1.165) is 27.9 Å². The van der Waals surface area contributed by atoms with Crippen molar-refractivity contribution < 1.29 is 9.64 Å². The third kappa shape index (κ3) is 4.85. The van der Waals surface area contributed by atoms with Crippen LogP contribution >= 0.6 is 0 Å². The number of H-pyrrole nitrogens is 1. The molecule has 2 aromatic heterocycles. The molecule has 0 saturated heterocycles. The molecule has 8 nitrogen and oxygen atoms in total. The predicted molar refractivity (Wildman–Crippen MR) is 119 cm³/mol. The van der Waals surface area contributed by atoms with Crippen LogP contribution in [-0.4, -0.2) is 44.9 Å². The number of ether oxygens (including phenoxy) is 1. The van der Waals surface area contributed by atoms with Crippen molar-refractivity contribution in [3.63, 3.8) is 0 Å². The Morgan fingerprint density at radius 1 is 1.19 bits per heavy atom. The minimum Gasteiger partial charge on any atom is -0.383 e. The van der Waals surface area contributed by atoms with Gasteiger partial charge in [0.2, 0.25) is 5.82 Å². The highest BCUT2D eigenvalue weighted by Gasteiger charge is 2.28. The Bertz CT molecular complexity index is 1080. The number of pyridine rings is 1. The quantitative estimate of drug-likeness (QED) is 0.573. The number of benzene rings is 1. The van der Waals surface area contributed by atoms with Gasteiger partial charge in [-0.15, -0.1) is 5.10 Å². The average Bonchev–Trinajstić information content (AvgIpc) is 3.23. The predicted octanol–water partition coefficient (Wildman–Crippen LogP) is 1.70. The largest absolute Gasteiger partial charge is 0.383 e. The summed E-state index contributed by atoms with van der Waals surface area (Å²) in [6.45, 7) is 6.70. The number of rotatable bonds is 8. The van der Waals surface area contributed by atoms with E-state index in [2.05, 4.69) is 52.6 Å². The van der Waals surface area contributed by atoms with Crippen LogP contribution in [0.3, 0.4) is 0 Å². The Labute approximate surface area is 182 Å². The molecule has 0 aliphatic heterocycles. The molecule has 0 bridgehead atoms. The van der Waals surface area contributed by atoms with E-state index in [1.807, 2.05) is 4.68 Å². The second-order valence-electron chi connectivity index (χ2n) is 8.75. The van der Waals surface area contributed by atoms with Gasteiger partial charge in [-0.3, -0.25) is 4.79 Å². The van der Waals surface area contributed by atoms with Gasteiger partial charge in [-0.2, -0.15) is 0 Å². The molecular formula is C23H33N6O2+. The molecule has 0 amide bonds. The van der Waals surface area contributed by atoms with Crippen LogP contribution in [0.1, 0.15) is 54.6 Å². The summed E-state index contributed by atoms with van der Waals surface area (Å²) in [5.41, 5.74) is 4.10. The number of tetrazole rings is 1. The molecule has 4 rings (SSSR count). The number of methoxy groups -OCH3 is 1. The summed E-state index contributed by atoms with van der Waals surface area (Å²) in [6, 6.07) is 6.80. The van der Waals surface area contributed by atoms with Gasteiger partial charge in [-0.25, -0.2) is 4.68 Å². The minimum absolute atomic E-state index is 0.00786. The van der Waals surface area contributed by atoms with E-state index in [9.17, 15) is 4.79 Å². The lowest BCUT2D eigenvalue weighted by atomic mass is 9.93.